The Kier molecular flexibility index (Phi) is 7.32. The number of benzene rings is 1. The van der Waals surface area contributed by atoms with Gasteiger partial charge in [0, 0.05) is 36.0 Å². The van der Waals surface area contributed by atoms with Crippen molar-refractivity contribution in [3.05, 3.63) is 75.7 Å². The predicted octanol–water partition coefficient (Wildman–Crippen LogP) is 5.13. The fraction of sp³-hybridized carbons (Fsp3) is 0.208. The molecule has 0 saturated heterocycles. The molecule has 4 aromatic rings. The highest BCUT2D eigenvalue weighted by Crippen LogP contribution is 2.34. The Morgan fingerprint density at radius 3 is 2.88 bits per heavy atom. The average Bonchev–Trinajstić information content (AvgIpc) is 3.49. The van der Waals surface area contributed by atoms with E-state index in [0.29, 0.717) is 28.5 Å². The largest absolute Gasteiger partial charge is 0.497 e. The molecule has 9 heteroatoms. The summed E-state index contributed by atoms with van der Waals surface area (Å²) >= 11 is 4.32. The van der Waals surface area contributed by atoms with E-state index in [2.05, 4.69) is 6.58 Å². The number of aromatic nitrogens is 2. The first-order valence-corrected chi connectivity index (χ1v) is 12.9. The molecular formula is C24H23N3O3S3. The van der Waals surface area contributed by atoms with Crippen molar-refractivity contribution in [3.63, 3.8) is 0 Å². The van der Waals surface area contributed by atoms with Gasteiger partial charge < -0.3 is 9.64 Å². The van der Waals surface area contributed by atoms with Crippen LogP contribution in [0.2, 0.25) is 0 Å². The molecule has 33 heavy (non-hydrogen) atoms. The number of amides is 1. The van der Waals surface area contributed by atoms with E-state index < -0.39 is 0 Å². The summed E-state index contributed by atoms with van der Waals surface area (Å²) in [6.45, 7) is 4.59. The second kappa shape index (κ2) is 10.4. The summed E-state index contributed by atoms with van der Waals surface area (Å²) in [4.78, 5) is 34.3. The van der Waals surface area contributed by atoms with Gasteiger partial charge in [-0.15, -0.1) is 29.3 Å². The summed E-state index contributed by atoms with van der Waals surface area (Å²) in [7, 11) is 3.39. The van der Waals surface area contributed by atoms with Gasteiger partial charge in [-0.1, -0.05) is 36.0 Å². The smallest absolute Gasteiger partial charge is 0.263 e. The molecule has 0 aliphatic rings. The highest BCUT2D eigenvalue weighted by Gasteiger charge is 2.19. The zero-order chi connectivity index (χ0) is 23.4. The summed E-state index contributed by atoms with van der Waals surface area (Å²) < 4.78 is 6.85. The summed E-state index contributed by atoms with van der Waals surface area (Å²) in [5.41, 5.74) is 1.79. The number of thiophene rings is 2. The van der Waals surface area contributed by atoms with Gasteiger partial charge in [0.2, 0.25) is 5.91 Å². The van der Waals surface area contributed by atoms with E-state index in [1.54, 1.807) is 41.0 Å². The molecule has 0 unspecified atom stereocenters. The number of nitrogens with zero attached hydrogens (tertiary/aromatic N) is 3. The first kappa shape index (κ1) is 23.3. The molecule has 0 radical (unpaired) electrons. The van der Waals surface area contributed by atoms with Crippen LogP contribution in [0.1, 0.15) is 5.56 Å². The van der Waals surface area contributed by atoms with E-state index in [9.17, 15) is 9.59 Å². The van der Waals surface area contributed by atoms with Crippen LogP contribution in [-0.2, 0) is 17.9 Å². The third-order valence-electron chi connectivity index (χ3n) is 5.06. The molecular weight excluding hydrogens is 474 g/mol. The van der Waals surface area contributed by atoms with Crippen molar-refractivity contribution in [1.29, 1.82) is 0 Å². The van der Waals surface area contributed by atoms with Crippen molar-refractivity contribution in [3.8, 4) is 16.2 Å². The summed E-state index contributed by atoms with van der Waals surface area (Å²) in [5.74, 6) is 0.887. The maximum absolute atomic E-state index is 13.4. The minimum absolute atomic E-state index is 0.0484. The molecule has 0 aliphatic carbocycles. The van der Waals surface area contributed by atoms with Crippen molar-refractivity contribution in [2.24, 2.45) is 0 Å². The van der Waals surface area contributed by atoms with Crippen LogP contribution in [0, 0.1) is 0 Å². The molecule has 0 saturated carbocycles. The van der Waals surface area contributed by atoms with Crippen LogP contribution in [0.4, 0.5) is 0 Å². The highest BCUT2D eigenvalue weighted by molar-refractivity contribution is 7.99. The molecule has 0 spiro atoms. The monoisotopic (exact) mass is 497 g/mol. The number of carbonyl (C=O) groups is 1. The fourth-order valence-electron chi connectivity index (χ4n) is 3.39. The zero-order valence-corrected chi connectivity index (χ0v) is 20.8. The second-order valence-corrected chi connectivity index (χ2v) is 10.0. The van der Waals surface area contributed by atoms with E-state index in [0.717, 1.165) is 21.8 Å². The second-order valence-electron chi connectivity index (χ2n) is 7.30. The lowest BCUT2D eigenvalue weighted by molar-refractivity contribution is -0.127. The lowest BCUT2D eigenvalue weighted by Crippen LogP contribution is -2.28. The maximum Gasteiger partial charge on any atom is 0.263 e. The molecule has 0 aliphatic heterocycles. The minimum Gasteiger partial charge on any atom is -0.497 e. The predicted molar refractivity (Wildman–Crippen MR) is 138 cm³/mol. The molecule has 0 atom stereocenters. The Labute approximate surface area is 204 Å². The van der Waals surface area contributed by atoms with Gasteiger partial charge in [0.25, 0.3) is 5.56 Å². The van der Waals surface area contributed by atoms with E-state index in [4.69, 9.17) is 9.72 Å². The van der Waals surface area contributed by atoms with E-state index in [-0.39, 0.29) is 17.2 Å². The van der Waals surface area contributed by atoms with Gasteiger partial charge in [0.05, 0.1) is 18.2 Å². The van der Waals surface area contributed by atoms with Gasteiger partial charge >= 0.3 is 0 Å². The van der Waals surface area contributed by atoms with Crippen LogP contribution >= 0.6 is 34.4 Å². The first-order chi connectivity index (χ1) is 16.0. The zero-order valence-electron chi connectivity index (χ0n) is 18.3. The average molecular weight is 498 g/mol. The Morgan fingerprint density at radius 2 is 2.15 bits per heavy atom. The Balaban J connectivity index is 1.55. The molecule has 0 N–H and O–H groups in total. The summed E-state index contributed by atoms with van der Waals surface area (Å²) in [6.07, 6.45) is 1.67. The van der Waals surface area contributed by atoms with Crippen LogP contribution in [0.3, 0.4) is 0 Å². The minimum atomic E-state index is -0.107. The molecule has 6 nitrogen and oxygen atoms in total. The van der Waals surface area contributed by atoms with Gasteiger partial charge in [-0.05, 0) is 29.1 Å². The number of hydrogen-bond acceptors (Lipinski definition) is 7. The van der Waals surface area contributed by atoms with Crippen LogP contribution in [0.15, 0.2) is 69.8 Å². The number of ether oxygens (including phenoxy) is 1. The quantitative estimate of drug-likeness (QED) is 0.182. The van der Waals surface area contributed by atoms with Gasteiger partial charge in [-0.2, -0.15) is 0 Å². The molecule has 0 fully saturated rings. The van der Waals surface area contributed by atoms with E-state index in [1.807, 2.05) is 47.2 Å². The SMILES string of the molecule is C=CCn1c(SCC(=O)N(C)Cc2cccc(OC)c2)nc2scc(-c3cccs3)c2c1=O. The lowest BCUT2D eigenvalue weighted by Gasteiger charge is -2.18. The Hall–Kier alpha value is -2.88. The normalized spacial score (nSPS) is 11.0. The Morgan fingerprint density at radius 1 is 1.30 bits per heavy atom. The van der Waals surface area contributed by atoms with Crippen molar-refractivity contribution < 1.29 is 9.53 Å². The molecule has 3 heterocycles. The first-order valence-electron chi connectivity index (χ1n) is 10.2. The molecule has 1 amide bonds. The van der Waals surface area contributed by atoms with Crippen molar-refractivity contribution in [2.75, 3.05) is 19.9 Å². The van der Waals surface area contributed by atoms with Gasteiger partial charge in [-0.3, -0.25) is 14.2 Å². The lowest BCUT2D eigenvalue weighted by atomic mass is 10.2. The van der Waals surface area contributed by atoms with Crippen molar-refractivity contribution in [1.82, 2.24) is 14.5 Å². The number of rotatable bonds is 9. The molecule has 0 bridgehead atoms. The van der Waals surface area contributed by atoms with E-state index >= 15 is 0 Å². The van der Waals surface area contributed by atoms with Crippen molar-refractivity contribution >= 4 is 50.6 Å². The number of thioether (sulfide) groups is 1. The molecule has 3 aromatic heterocycles. The van der Waals surface area contributed by atoms with Gasteiger partial charge in [0.15, 0.2) is 5.16 Å². The van der Waals surface area contributed by atoms with Crippen LogP contribution < -0.4 is 10.3 Å². The van der Waals surface area contributed by atoms with Crippen LogP contribution in [0.25, 0.3) is 20.7 Å². The number of carbonyl (C=O) groups excluding carboxylic acids is 1. The molecule has 4 rings (SSSR count). The number of allylic oxidation sites excluding steroid dienone is 1. The standard InChI is InChI=1S/C24H23N3O3S3/c1-4-10-27-23(29)21-18(19-9-6-11-31-19)14-32-22(21)25-24(27)33-15-20(28)26(2)13-16-7-5-8-17(12-16)30-3/h4-9,11-12,14H,1,10,13,15H2,2-3H3. The molecule has 170 valence electrons. The third-order valence-corrected chi connectivity index (χ3v) is 7.80. The van der Waals surface area contributed by atoms with Gasteiger partial charge in [0.1, 0.15) is 10.6 Å². The summed E-state index contributed by atoms with van der Waals surface area (Å²) in [5, 5.41) is 5.11. The number of methoxy groups -OCH3 is 1. The topological polar surface area (TPSA) is 64.4 Å². The number of fused-ring (bicyclic) bond motifs is 1. The molecule has 1 aromatic carbocycles. The highest BCUT2D eigenvalue weighted by atomic mass is 32.2. The summed E-state index contributed by atoms with van der Waals surface area (Å²) in [6, 6.07) is 11.6. The van der Waals surface area contributed by atoms with Crippen molar-refractivity contribution in [2.45, 2.75) is 18.2 Å². The van der Waals surface area contributed by atoms with Crippen LogP contribution in [-0.4, -0.2) is 40.3 Å². The van der Waals surface area contributed by atoms with Gasteiger partial charge in [-0.25, -0.2) is 4.98 Å². The van der Waals surface area contributed by atoms with E-state index in [1.165, 1.54) is 23.1 Å². The number of hydrogen-bond donors (Lipinski definition) is 0. The fourth-order valence-corrected chi connectivity index (χ4v) is 6.14. The maximum atomic E-state index is 13.4. The van der Waals surface area contributed by atoms with Crippen LogP contribution in [0.5, 0.6) is 5.75 Å². The third kappa shape index (κ3) is 5.05. The Bertz CT molecular complexity index is 1340.